The van der Waals surface area contributed by atoms with Crippen LogP contribution in [0.5, 0.6) is 0 Å². The van der Waals surface area contributed by atoms with Crippen LogP contribution in [0.4, 0.5) is 0 Å². The van der Waals surface area contributed by atoms with E-state index in [2.05, 4.69) is 70.0 Å². The van der Waals surface area contributed by atoms with E-state index in [1.54, 1.807) is 0 Å². The van der Waals surface area contributed by atoms with Gasteiger partial charge in [-0.1, -0.05) is 91.9 Å². The summed E-state index contributed by atoms with van der Waals surface area (Å²) in [7, 11) is 7.14. The normalized spacial score (nSPS) is 13.2. The Hall–Kier alpha value is -1.31. The molecule has 12 heteroatoms. The van der Waals surface area contributed by atoms with Crippen LogP contribution >= 0.6 is 0 Å². The minimum Gasteiger partial charge on any atom is -0.549 e. The number of carboxylic acid groups (broad SMARTS) is 2. The molecule has 1 atom stereocenters. The molecule has 0 aliphatic carbocycles. The van der Waals surface area contributed by atoms with Crippen molar-refractivity contribution in [1.29, 1.82) is 0 Å². The van der Waals surface area contributed by atoms with E-state index in [1.165, 1.54) is 0 Å². The van der Waals surface area contributed by atoms with Gasteiger partial charge in [0.25, 0.3) is 10.1 Å². The fraction of sp³-hybridized carbons (Fsp3) is 0.938. The van der Waals surface area contributed by atoms with Crippen LogP contribution < -0.4 is 10.2 Å². The van der Waals surface area contributed by atoms with Gasteiger partial charge in [0.05, 0.1) is 61.5 Å². The standard InChI is InChI=1S/C22H42O7S.2C5H14NO/c1-17(2)13-9-5-7-11-15-22(21(25)26,19(20(23)24)30(27,28)29)16-12-8-6-10-14-18(3)4;2*1-6(2,3)4-5-7/h17-19H,5-16H2,1-4H3,(H,23,24)(H,25,26)(H,27,28,29);2*7H,4-5H2,1-3H3/q;2*+1/p-2. The lowest BCUT2D eigenvalue weighted by molar-refractivity contribution is -0.870. The summed E-state index contributed by atoms with van der Waals surface area (Å²) in [5.74, 6) is -2.73. The molecule has 0 spiro atoms. The summed E-state index contributed by atoms with van der Waals surface area (Å²) in [6.45, 7) is 10.7. The van der Waals surface area contributed by atoms with Crippen molar-refractivity contribution in [1.82, 2.24) is 0 Å². The molecule has 0 aromatic heterocycles. The van der Waals surface area contributed by atoms with Crippen molar-refractivity contribution >= 4 is 22.1 Å². The first-order valence-electron chi connectivity index (χ1n) is 16.2. The monoisotopic (exact) mass is 656 g/mol. The molecule has 0 radical (unpaired) electrons. The van der Waals surface area contributed by atoms with Crippen molar-refractivity contribution in [3.8, 4) is 0 Å². The lowest BCUT2D eigenvalue weighted by Crippen LogP contribution is -2.59. The second-order valence-corrected chi connectivity index (χ2v) is 16.3. The summed E-state index contributed by atoms with van der Waals surface area (Å²) in [6.07, 6.45) is 7.34. The van der Waals surface area contributed by atoms with Gasteiger partial charge in [-0.2, -0.15) is 8.42 Å². The first-order valence-corrected chi connectivity index (χ1v) is 17.7. The number of aliphatic hydroxyl groups excluding tert-OH is 2. The highest BCUT2D eigenvalue weighted by Gasteiger charge is 2.47. The Morgan fingerprint density at radius 3 is 1.16 bits per heavy atom. The predicted octanol–water partition coefficient (Wildman–Crippen LogP) is 2.09. The largest absolute Gasteiger partial charge is 0.549 e. The molecule has 11 nitrogen and oxygen atoms in total. The third kappa shape index (κ3) is 27.0. The Kier molecular flexibility index (Phi) is 25.6. The van der Waals surface area contributed by atoms with Gasteiger partial charge in [-0.25, -0.2) is 0 Å². The van der Waals surface area contributed by atoms with Crippen molar-refractivity contribution in [3.63, 3.8) is 0 Å². The average molecular weight is 657 g/mol. The van der Waals surface area contributed by atoms with Crippen molar-refractivity contribution in [2.24, 2.45) is 17.3 Å². The maximum atomic E-state index is 12.1. The van der Waals surface area contributed by atoms with Crippen molar-refractivity contribution in [2.45, 2.75) is 110 Å². The first kappa shape index (κ1) is 47.1. The Labute approximate surface area is 269 Å². The van der Waals surface area contributed by atoms with Crippen LogP contribution in [0.2, 0.25) is 0 Å². The first-order chi connectivity index (χ1) is 20.0. The SMILES string of the molecule is CC(C)CCCCCCC(CCCCCCC(C)C)(C(=O)[O-])C(C(=O)[O-])S(=O)(=O)O.C[N+](C)(C)CCO.C[N+](C)(C)CCO. The van der Waals surface area contributed by atoms with E-state index in [-0.39, 0.29) is 26.1 Å². The van der Waals surface area contributed by atoms with Crippen LogP contribution in [0, 0.1) is 17.3 Å². The molecule has 266 valence electrons. The minimum absolute atomic E-state index is 0.179. The minimum atomic E-state index is -5.17. The van der Waals surface area contributed by atoms with Crippen LogP contribution in [0.1, 0.15) is 105 Å². The van der Waals surface area contributed by atoms with Crippen LogP contribution in [0.3, 0.4) is 0 Å². The number of rotatable bonds is 22. The Balaban J connectivity index is -0.000000982. The number of carbonyl (C=O) groups excluding carboxylic acids is 2. The van der Waals surface area contributed by atoms with E-state index in [0.29, 0.717) is 37.5 Å². The van der Waals surface area contributed by atoms with Gasteiger partial charge < -0.3 is 39.0 Å². The molecular formula is C32H68N2O9S. The Bertz CT molecular complexity index is 813. The highest BCUT2D eigenvalue weighted by atomic mass is 32.2. The third-order valence-corrected chi connectivity index (χ3v) is 8.51. The van der Waals surface area contributed by atoms with Gasteiger partial charge in [0.1, 0.15) is 18.3 Å². The number of likely N-dealkylation sites (N-methyl/N-ethyl adjacent to an activating group) is 2. The van der Waals surface area contributed by atoms with E-state index in [9.17, 15) is 32.8 Å². The van der Waals surface area contributed by atoms with Crippen LogP contribution in [0.25, 0.3) is 0 Å². The average Bonchev–Trinajstić information content (AvgIpc) is 2.80. The summed E-state index contributed by atoms with van der Waals surface area (Å²) in [5.41, 5.74) is -2.19. The van der Waals surface area contributed by atoms with Gasteiger partial charge in [-0.3, -0.25) is 4.55 Å². The molecule has 3 N–H and O–H groups in total. The van der Waals surface area contributed by atoms with E-state index < -0.39 is 32.7 Å². The molecule has 0 rings (SSSR count). The molecule has 0 bridgehead atoms. The smallest absolute Gasteiger partial charge is 0.274 e. The Morgan fingerprint density at radius 2 is 0.977 bits per heavy atom. The van der Waals surface area contributed by atoms with Gasteiger partial charge in [-0.05, 0) is 24.7 Å². The van der Waals surface area contributed by atoms with Crippen LogP contribution in [-0.4, -0.2) is 118 Å². The molecule has 1 unspecified atom stereocenters. The fourth-order valence-electron chi connectivity index (χ4n) is 4.62. The number of aliphatic hydroxyl groups is 2. The highest BCUT2D eigenvalue weighted by molar-refractivity contribution is 7.87. The molecular weight excluding hydrogens is 588 g/mol. The second-order valence-electron chi connectivity index (χ2n) is 14.8. The molecule has 0 aromatic rings. The van der Waals surface area contributed by atoms with Gasteiger partial charge in [0.2, 0.25) is 0 Å². The number of hydrogen-bond acceptors (Lipinski definition) is 8. The van der Waals surface area contributed by atoms with Gasteiger partial charge >= 0.3 is 0 Å². The summed E-state index contributed by atoms with van der Waals surface area (Å²) >= 11 is 0. The fourth-order valence-corrected chi connectivity index (χ4v) is 5.77. The highest BCUT2D eigenvalue weighted by Crippen LogP contribution is 2.38. The predicted molar refractivity (Wildman–Crippen MR) is 173 cm³/mol. The lowest BCUT2D eigenvalue weighted by atomic mass is 9.74. The molecule has 0 aliphatic heterocycles. The Morgan fingerprint density at radius 1 is 0.659 bits per heavy atom. The van der Waals surface area contributed by atoms with E-state index >= 15 is 0 Å². The molecule has 0 saturated heterocycles. The summed E-state index contributed by atoms with van der Waals surface area (Å²) in [5, 5.41) is 37.9. The van der Waals surface area contributed by atoms with E-state index in [1.807, 2.05) is 0 Å². The molecule has 0 aromatic carbocycles. The van der Waals surface area contributed by atoms with Crippen molar-refractivity contribution in [2.75, 3.05) is 68.6 Å². The maximum Gasteiger partial charge on any atom is 0.274 e. The van der Waals surface area contributed by atoms with Gasteiger partial charge in [-0.15, -0.1) is 0 Å². The quantitative estimate of drug-likeness (QED) is 0.0895. The molecule has 0 saturated carbocycles. The second kappa shape index (κ2) is 23.9. The number of hydrogen-bond donors (Lipinski definition) is 3. The molecule has 0 fully saturated rings. The number of nitrogens with zero attached hydrogens (tertiary/aromatic N) is 2. The van der Waals surface area contributed by atoms with Crippen LogP contribution in [-0.2, 0) is 19.7 Å². The summed E-state index contributed by atoms with van der Waals surface area (Å²) < 4.78 is 34.8. The van der Waals surface area contributed by atoms with E-state index in [0.717, 1.165) is 60.6 Å². The summed E-state index contributed by atoms with van der Waals surface area (Å²) in [4.78, 5) is 23.6. The molecule has 0 heterocycles. The topological polar surface area (TPSA) is 175 Å². The van der Waals surface area contributed by atoms with Gasteiger partial charge in [0.15, 0.2) is 0 Å². The van der Waals surface area contributed by atoms with E-state index in [4.69, 9.17) is 10.2 Å². The zero-order valence-corrected chi connectivity index (χ0v) is 30.5. The number of carboxylic acids is 2. The maximum absolute atomic E-state index is 12.1. The van der Waals surface area contributed by atoms with Crippen molar-refractivity contribution in [3.05, 3.63) is 0 Å². The van der Waals surface area contributed by atoms with Crippen molar-refractivity contribution < 1.29 is 52.0 Å². The van der Waals surface area contributed by atoms with Gasteiger partial charge in [0, 0.05) is 11.4 Å². The zero-order chi connectivity index (χ0) is 35.2. The number of quaternary nitrogens is 2. The summed E-state index contributed by atoms with van der Waals surface area (Å²) in [6, 6.07) is 0. The number of unbranched alkanes of at least 4 members (excludes halogenated alkanes) is 6. The molecule has 44 heavy (non-hydrogen) atoms. The van der Waals surface area contributed by atoms with Crippen LogP contribution in [0.15, 0.2) is 0 Å². The number of carbonyl (C=O) groups is 2. The third-order valence-electron chi connectivity index (χ3n) is 7.27. The lowest BCUT2D eigenvalue weighted by Gasteiger charge is -2.41. The number of aliphatic carboxylic acids is 2. The molecule has 0 amide bonds. The molecule has 0 aliphatic rings. The zero-order valence-electron chi connectivity index (χ0n) is 29.6.